The van der Waals surface area contributed by atoms with Crippen molar-refractivity contribution in [3.8, 4) is 5.75 Å². The second-order valence-electron chi connectivity index (χ2n) is 7.00. The fraction of sp³-hybridized carbons (Fsp3) is 0.400. The van der Waals surface area contributed by atoms with E-state index in [1.54, 1.807) is 0 Å². The van der Waals surface area contributed by atoms with Gasteiger partial charge in [0.15, 0.2) is 16.1 Å². The first-order chi connectivity index (χ1) is 13.8. The molecule has 2 heterocycles. The zero-order chi connectivity index (χ0) is 21.0. The Bertz CT molecular complexity index is 976. The molecule has 0 atom stereocenters. The Labute approximate surface area is 178 Å². The van der Waals surface area contributed by atoms with Crippen LogP contribution in [0.5, 0.6) is 5.75 Å². The van der Waals surface area contributed by atoms with Crippen molar-refractivity contribution in [2.24, 2.45) is 0 Å². The number of hydrogen-bond acceptors (Lipinski definition) is 7. The van der Waals surface area contributed by atoms with Crippen LogP contribution in [0.3, 0.4) is 0 Å². The fourth-order valence-corrected chi connectivity index (χ4v) is 4.47. The van der Waals surface area contributed by atoms with Gasteiger partial charge in [0, 0.05) is 11.4 Å². The van der Waals surface area contributed by atoms with Crippen molar-refractivity contribution in [1.82, 2.24) is 19.7 Å². The summed E-state index contributed by atoms with van der Waals surface area (Å²) in [5, 5.41) is 14.6. The average Bonchev–Trinajstić information content (AvgIpc) is 3.25. The minimum atomic E-state index is -0.115. The number of hydrogen-bond donors (Lipinski definition) is 1. The maximum atomic E-state index is 12.2. The number of rotatable bonds is 8. The lowest BCUT2D eigenvalue weighted by Gasteiger charge is -2.15. The summed E-state index contributed by atoms with van der Waals surface area (Å²) in [4.78, 5) is 16.5. The van der Waals surface area contributed by atoms with E-state index in [0.29, 0.717) is 16.9 Å². The predicted molar refractivity (Wildman–Crippen MR) is 117 cm³/mol. The number of aryl methyl sites for hydroxylation is 3. The molecule has 154 valence electrons. The van der Waals surface area contributed by atoms with E-state index in [2.05, 4.69) is 34.3 Å². The Hall–Kier alpha value is -2.39. The van der Waals surface area contributed by atoms with Crippen LogP contribution in [0.2, 0.25) is 0 Å². The number of amides is 1. The van der Waals surface area contributed by atoms with Gasteiger partial charge >= 0.3 is 0 Å². The molecule has 3 aromatic rings. The standard InChI is InChI=1S/C20H25N5O2S2/c1-12(2)25-16(9-27-18-13(3)7-6-8-14(18)4)23-24-20(25)29-11-17(26)22-19-21-15(5)10-28-19/h6-8,10,12H,9,11H2,1-5H3,(H,21,22,26). The molecule has 0 spiro atoms. The van der Waals surface area contributed by atoms with Gasteiger partial charge in [-0.2, -0.15) is 0 Å². The van der Waals surface area contributed by atoms with E-state index in [1.807, 2.05) is 48.9 Å². The molecule has 0 radical (unpaired) electrons. The van der Waals surface area contributed by atoms with Crippen molar-refractivity contribution in [1.29, 1.82) is 0 Å². The number of aromatic nitrogens is 4. The summed E-state index contributed by atoms with van der Waals surface area (Å²) >= 11 is 2.77. The molecule has 0 unspecified atom stereocenters. The van der Waals surface area contributed by atoms with Gasteiger partial charge in [0.05, 0.1) is 11.4 Å². The molecular formula is C20H25N5O2S2. The van der Waals surface area contributed by atoms with Crippen LogP contribution in [-0.4, -0.2) is 31.4 Å². The third-order valence-corrected chi connectivity index (χ3v) is 6.02. The predicted octanol–water partition coefficient (Wildman–Crippen LogP) is 4.55. The number of nitrogens with one attached hydrogen (secondary N) is 1. The van der Waals surface area contributed by atoms with Crippen LogP contribution in [0.1, 0.15) is 42.5 Å². The number of carbonyl (C=O) groups excluding carboxylic acids is 1. The lowest BCUT2D eigenvalue weighted by molar-refractivity contribution is -0.113. The summed E-state index contributed by atoms with van der Waals surface area (Å²) in [5.74, 6) is 1.73. The van der Waals surface area contributed by atoms with Gasteiger partial charge in [0.1, 0.15) is 12.4 Å². The van der Waals surface area contributed by atoms with Crippen molar-refractivity contribution in [2.45, 2.75) is 52.4 Å². The Morgan fingerprint density at radius 2 is 1.97 bits per heavy atom. The van der Waals surface area contributed by atoms with Gasteiger partial charge in [0.2, 0.25) is 5.91 Å². The first-order valence-electron chi connectivity index (χ1n) is 9.32. The number of carbonyl (C=O) groups is 1. The number of ether oxygens (including phenoxy) is 1. The number of nitrogens with zero attached hydrogens (tertiary/aromatic N) is 4. The van der Waals surface area contributed by atoms with E-state index in [1.165, 1.54) is 23.1 Å². The van der Waals surface area contributed by atoms with E-state index in [9.17, 15) is 4.79 Å². The molecule has 0 saturated heterocycles. The summed E-state index contributed by atoms with van der Waals surface area (Å²) < 4.78 is 8.06. The fourth-order valence-electron chi connectivity index (χ4n) is 2.88. The highest BCUT2D eigenvalue weighted by molar-refractivity contribution is 7.99. The molecule has 2 aromatic heterocycles. The van der Waals surface area contributed by atoms with Crippen LogP contribution in [-0.2, 0) is 11.4 Å². The molecule has 3 rings (SSSR count). The highest BCUT2D eigenvalue weighted by Crippen LogP contribution is 2.26. The second kappa shape index (κ2) is 9.41. The van der Waals surface area contributed by atoms with Crippen LogP contribution in [0.25, 0.3) is 0 Å². The molecular weight excluding hydrogens is 406 g/mol. The van der Waals surface area contributed by atoms with Gasteiger partial charge in [-0.1, -0.05) is 30.0 Å². The highest BCUT2D eigenvalue weighted by Gasteiger charge is 2.18. The molecule has 1 N–H and O–H groups in total. The monoisotopic (exact) mass is 431 g/mol. The Kier molecular flexibility index (Phi) is 6.92. The smallest absolute Gasteiger partial charge is 0.236 e. The van der Waals surface area contributed by atoms with Crippen molar-refractivity contribution >= 4 is 34.1 Å². The summed E-state index contributed by atoms with van der Waals surface area (Å²) in [5.41, 5.74) is 3.07. The SMILES string of the molecule is Cc1csc(NC(=O)CSc2nnc(COc3c(C)cccc3C)n2C(C)C)n1. The number of benzene rings is 1. The Morgan fingerprint density at radius 3 is 2.59 bits per heavy atom. The molecule has 0 aliphatic heterocycles. The van der Waals surface area contributed by atoms with Gasteiger partial charge in [-0.15, -0.1) is 21.5 Å². The number of para-hydroxylation sites is 1. The number of anilines is 1. The maximum Gasteiger partial charge on any atom is 0.236 e. The Balaban J connectivity index is 1.66. The van der Waals surface area contributed by atoms with Crippen LogP contribution in [0.4, 0.5) is 5.13 Å². The van der Waals surface area contributed by atoms with E-state index in [-0.39, 0.29) is 17.7 Å². The van der Waals surface area contributed by atoms with Gasteiger partial charge in [-0.3, -0.25) is 4.79 Å². The summed E-state index contributed by atoms with van der Waals surface area (Å²) in [6.07, 6.45) is 0. The van der Waals surface area contributed by atoms with E-state index >= 15 is 0 Å². The summed E-state index contributed by atoms with van der Waals surface area (Å²) in [6.45, 7) is 10.4. The van der Waals surface area contributed by atoms with Crippen LogP contribution >= 0.6 is 23.1 Å². The number of thioether (sulfide) groups is 1. The highest BCUT2D eigenvalue weighted by atomic mass is 32.2. The Morgan fingerprint density at radius 1 is 1.24 bits per heavy atom. The van der Waals surface area contributed by atoms with E-state index < -0.39 is 0 Å². The van der Waals surface area contributed by atoms with E-state index in [0.717, 1.165) is 28.4 Å². The van der Waals surface area contributed by atoms with Gasteiger partial charge in [-0.05, 0) is 45.7 Å². The molecule has 1 amide bonds. The quantitative estimate of drug-likeness (QED) is 0.527. The summed E-state index contributed by atoms with van der Waals surface area (Å²) in [7, 11) is 0. The molecule has 1 aromatic carbocycles. The number of thiazole rings is 1. The summed E-state index contributed by atoms with van der Waals surface area (Å²) in [6, 6.07) is 6.22. The minimum Gasteiger partial charge on any atom is -0.485 e. The van der Waals surface area contributed by atoms with Gasteiger partial charge in [0.25, 0.3) is 0 Å². The first kappa shape index (κ1) is 21.3. The van der Waals surface area contributed by atoms with Crippen molar-refractivity contribution < 1.29 is 9.53 Å². The van der Waals surface area contributed by atoms with Crippen molar-refractivity contribution in [2.75, 3.05) is 11.1 Å². The third-order valence-electron chi connectivity index (χ3n) is 4.20. The topological polar surface area (TPSA) is 81.9 Å². The van der Waals surface area contributed by atoms with Crippen molar-refractivity contribution in [3.63, 3.8) is 0 Å². The lowest BCUT2D eigenvalue weighted by Crippen LogP contribution is -2.15. The molecule has 7 nitrogen and oxygen atoms in total. The molecule has 0 aliphatic rings. The van der Waals surface area contributed by atoms with Gasteiger partial charge in [-0.25, -0.2) is 4.98 Å². The molecule has 29 heavy (non-hydrogen) atoms. The van der Waals surface area contributed by atoms with E-state index in [4.69, 9.17) is 4.74 Å². The largest absolute Gasteiger partial charge is 0.485 e. The van der Waals surface area contributed by atoms with Crippen LogP contribution in [0, 0.1) is 20.8 Å². The molecule has 0 saturated carbocycles. The third kappa shape index (κ3) is 5.36. The zero-order valence-corrected chi connectivity index (χ0v) is 18.9. The van der Waals surface area contributed by atoms with Crippen LogP contribution < -0.4 is 10.1 Å². The first-order valence-corrected chi connectivity index (χ1v) is 11.2. The average molecular weight is 432 g/mol. The normalized spacial score (nSPS) is 11.1. The van der Waals surface area contributed by atoms with Crippen molar-refractivity contribution in [3.05, 3.63) is 46.2 Å². The molecule has 0 aliphatic carbocycles. The van der Waals surface area contributed by atoms with Crippen LogP contribution in [0.15, 0.2) is 28.7 Å². The minimum absolute atomic E-state index is 0.115. The zero-order valence-electron chi connectivity index (χ0n) is 17.2. The van der Waals surface area contributed by atoms with Gasteiger partial charge < -0.3 is 14.6 Å². The lowest BCUT2D eigenvalue weighted by atomic mass is 10.1. The second-order valence-corrected chi connectivity index (χ2v) is 8.80. The maximum absolute atomic E-state index is 12.2. The molecule has 9 heteroatoms. The molecule has 0 fully saturated rings. The molecule has 0 bridgehead atoms.